The first-order valence-electron chi connectivity index (χ1n) is 6.52. The van der Waals surface area contributed by atoms with Gasteiger partial charge >= 0.3 is 0 Å². The zero-order valence-electron chi connectivity index (χ0n) is 10.8. The van der Waals surface area contributed by atoms with Gasteiger partial charge in [0, 0.05) is 19.6 Å². The molecule has 0 aliphatic carbocycles. The molecule has 98 valence electrons. The van der Waals surface area contributed by atoms with Gasteiger partial charge in [0.05, 0.1) is 6.54 Å². The molecule has 5 heteroatoms. The Morgan fingerprint density at radius 1 is 1.28 bits per heavy atom. The third-order valence-electron chi connectivity index (χ3n) is 2.99. The van der Waals surface area contributed by atoms with Crippen LogP contribution in [0.25, 0.3) is 0 Å². The first-order chi connectivity index (χ1) is 8.79. The van der Waals surface area contributed by atoms with E-state index in [1.165, 1.54) is 0 Å². The van der Waals surface area contributed by atoms with Crippen molar-refractivity contribution >= 4 is 17.5 Å². The van der Waals surface area contributed by atoms with Crippen LogP contribution in [0, 0.1) is 0 Å². The Labute approximate surface area is 108 Å². The molecule has 0 unspecified atom stereocenters. The zero-order valence-corrected chi connectivity index (χ0v) is 10.8. The predicted octanol–water partition coefficient (Wildman–Crippen LogP) is 1.55. The van der Waals surface area contributed by atoms with Gasteiger partial charge in [-0.05, 0) is 31.9 Å². The van der Waals surface area contributed by atoms with Gasteiger partial charge in [0.25, 0.3) is 0 Å². The van der Waals surface area contributed by atoms with E-state index in [9.17, 15) is 4.79 Å². The molecule has 1 aliphatic rings. The Morgan fingerprint density at radius 2 is 1.94 bits per heavy atom. The fourth-order valence-corrected chi connectivity index (χ4v) is 2.06. The first kappa shape index (κ1) is 12.7. The van der Waals surface area contributed by atoms with Gasteiger partial charge in [-0.15, -0.1) is 0 Å². The molecule has 2 heterocycles. The molecule has 1 aromatic rings. The molecule has 0 atom stereocenters. The van der Waals surface area contributed by atoms with Crippen molar-refractivity contribution in [2.75, 3.05) is 36.8 Å². The number of amides is 1. The van der Waals surface area contributed by atoms with Crippen LogP contribution in [0.2, 0.25) is 0 Å². The van der Waals surface area contributed by atoms with E-state index < -0.39 is 0 Å². The number of anilines is 2. The Bertz CT molecular complexity index is 402. The standard InChI is InChI=1S/C13H20N4O/c1-2-14-11-6-5-7-12(16-11)15-10-13(18)17-8-3-4-9-17/h5-7H,2-4,8-10H2,1H3,(H2,14,15,16). The molecule has 2 rings (SSSR count). The molecule has 18 heavy (non-hydrogen) atoms. The van der Waals surface area contributed by atoms with E-state index in [-0.39, 0.29) is 5.91 Å². The fourth-order valence-electron chi connectivity index (χ4n) is 2.06. The minimum absolute atomic E-state index is 0.156. The molecular weight excluding hydrogens is 228 g/mol. The lowest BCUT2D eigenvalue weighted by Crippen LogP contribution is -2.33. The topological polar surface area (TPSA) is 57.3 Å². The van der Waals surface area contributed by atoms with Crippen LogP contribution in [-0.2, 0) is 4.79 Å². The van der Waals surface area contributed by atoms with Crippen LogP contribution in [0.15, 0.2) is 18.2 Å². The maximum absolute atomic E-state index is 11.8. The van der Waals surface area contributed by atoms with Crippen molar-refractivity contribution in [3.05, 3.63) is 18.2 Å². The first-order valence-corrected chi connectivity index (χ1v) is 6.52. The van der Waals surface area contributed by atoms with E-state index in [1.807, 2.05) is 30.0 Å². The maximum atomic E-state index is 11.8. The van der Waals surface area contributed by atoms with Crippen molar-refractivity contribution in [3.8, 4) is 0 Å². The summed E-state index contributed by atoms with van der Waals surface area (Å²) in [5, 5.41) is 6.22. The zero-order chi connectivity index (χ0) is 12.8. The van der Waals surface area contributed by atoms with Crippen molar-refractivity contribution < 1.29 is 4.79 Å². The van der Waals surface area contributed by atoms with Crippen molar-refractivity contribution in [2.24, 2.45) is 0 Å². The van der Waals surface area contributed by atoms with E-state index in [1.54, 1.807) is 0 Å². The summed E-state index contributed by atoms with van der Waals surface area (Å²) in [6, 6.07) is 5.71. The van der Waals surface area contributed by atoms with Gasteiger partial charge in [0.1, 0.15) is 11.6 Å². The third-order valence-corrected chi connectivity index (χ3v) is 2.99. The summed E-state index contributed by atoms with van der Waals surface area (Å²) in [5.74, 6) is 1.72. The molecule has 2 N–H and O–H groups in total. The second-order valence-electron chi connectivity index (χ2n) is 4.38. The number of carbonyl (C=O) groups excluding carboxylic acids is 1. The Balaban J connectivity index is 1.85. The van der Waals surface area contributed by atoms with Crippen molar-refractivity contribution in [2.45, 2.75) is 19.8 Å². The van der Waals surface area contributed by atoms with Crippen LogP contribution in [0.3, 0.4) is 0 Å². The van der Waals surface area contributed by atoms with Gasteiger partial charge in [-0.3, -0.25) is 4.79 Å². The molecule has 1 saturated heterocycles. The summed E-state index contributed by atoms with van der Waals surface area (Å²) in [6.45, 7) is 4.97. The normalized spacial score (nSPS) is 14.6. The van der Waals surface area contributed by atoms with Crippen LogP contribution in [-0.4, -0.2) is 42.0 Å². The number of likely N-dealkylation sites (tertiary alicyclic amines) is 1. The highest BCUT2D eigenvalue weighted by Gasteiger charge is 2.17. The molecule has 0 spiro atoms. The number of nitrogens with zero attached hydrogens (tertiary/aromatic N) is 2. The van der Waals surface area contributed by atoms with Crippen LogP contribution >= 0.6 is 0 Å². The van der Waals surface area contributed by atoms with E-state index in [0.29, 0.717) is 6.54 Å². The predicted molar refractivity (Wildman–Crippen MR) is 72.7 cm³/mol. The lowest BCUT2D eigenvalue weighted by molar-refractivity contribution is -0.128. The maximum Gasteiger partial charge on any atom is 0.241 e. The number of pyridine rings is 1. The Kier molecular flexibility index (Phi) is 4.39. The van der Waals surface area contributed by atoms with Gasteiger partial charge in [0.2, 0.25) is 5.91 Å². The highest BCUT2D eigenvalue weighted by Crippen LogP contribution is 2.10. The van der Waals surface area contributed by atoms with Gasteiger partial charge in [-0.1, -0.05) is 6.07 Å². The largest absolute Gasteiger partial charge is 0.370 e. The minimum atomic E-state index is 0.156. The van der Waals surface area contributed by atoms with Crippen LogP contribution in [0.5, 0.6) is 0 Å². The molecule has 1 amide bonds. The molecule has 1 fully saturated rings. The summed E-state index contributed by atoms with van der Waals surface area (Å²) in [4.78, 5) is 18.1. The van der Waals surface area contributed by atoms with Crippen LogP contribution < -0.4 is 10.6 Å². The number of aromatic nitrogens is 1. The Morgan fingerprint density at radius 3 is 2.61 bits per heavy atom. The second kappa shape index (κ2) is 6.23. The number of carbonyl (C=O) groups is 1. The lowest BCUT2D eigenvalue weighted by Gasteiger charge is -2.15. The smallest absolute Gasteiger partial charge is 0.241 e. The van der Waals surface area contributed by atoms with E-state index in [0.717, 1.165) is 44.1 Å². The van der Waals surface area contributed by atoms with E-state index >= 15 is 0 Å². The number of nitrogens with one attached hydrogen (secondary N) is 2. The third kappa shape index (κ3) is 3.35. The fraction of sp³-hybridized carbons (Fsp3) is 0.538. The summed E-state index contributed by atoms with van der Waals surface area (Å²) in [6.07, 6.45) is 2.25. The molecule has 1 aromatic heterocycles. The average Bonchev–Trinajstić information content (AvgIpc) is 2.91. The van der Waals surface area contributed by atoms with Gasteiger partial charge < -0.3 is 15.5 Å². The van der Waals surface area contributed by atoms with E-state index in [4.69, 9.17) is 0 Å². The van der Waals surface area contributed by atoms with E-state index in [2.05, 4.69) is 15.6 Å². The molecule has 0 bridgehead atoms. The summed E-state index contributed by atoms with van der Waals surface area (Å²) in [5.41, 5.74) is 0. The number of hydrogen-bond donors (Lipinski definition) is 2. The SMILES string of the molecule is CCNc1cccc(NCC(=O)N2CCCC2)n1. The van der Waals surface area contributed by atoms with Crippen molar-refractivity contribution in [1.82, 2.24) is 9.88 Å². The van der Waals surface area contributed by atoms with Crippen molar-refractivity contribution in [1.29, 1.82) is 0 Å². The second-order valence-corrected chi connectivity index (χ2v) is 4.38. The lowest BCUT2D eigenvalue weighted by atomic mass is 10.4. The highest BCUT2D eigenvalue weighted by molar-refractivity contribution is 5.80. The van der Waals surface area contributed by atoms with Gasteiger partial charge in [-0.2, -0.15) is 0 Å². The summed E-state index contributed by atoms with van der Waals surface area (Å²) >= 11 is 0. The highest BCUT2D eigenvalue weighted by atomic mass is 16.2. The molecule has 0 saturated carbocycles. The average molecular weight is 248 g/mol. The molecule has 0 radical (unpaired) electrons. The number of rotatable bonds is 5. The Hall–Kier alpha value is -1.78. The van der Waals surface area contributed by atoms with Crippen LogP contribution in [0.4, 0.5) is 11.6 Å². The minimum Gasteiger partial charge on any atom is -0.370 e. The molecule has 1 aliphatic heterocycles. The summed E-state index contributed by atoms with van der Waals surface area (Å²) in [7, 11) is 0. The van der Waals surface area contributed by atoms with Gasteiger partial charge in [0.15, 0.2) is 0 Å². The number of hydrogen-bond acceptors (Lipinski definition) is 4. The van der Waals surface area contributed by atoms with Crippen LogP contribution in [0.1, 0.15) is 19.8 Å². The monoisotopic (exact) mass is 248 g/mol. The molecule has 0 aromatic carbocycles. The molecular formula is C13H20N4O. The van der Waals surface area contributed by atoms with Crippen molar-refractivity contribution in [3.63, 3.8) is 0 Å². The summed E-state index contributed by atoms with van der Waals surface area (Å²) < 4.78 is 0. The van der Waals surface area contributed by atoms with Gasteiger partial charge in [-0.25, -0.2) is 4.98 Å². The quantitative estimate of drug-likeness (QED) is 0.830. The molecule has 5 nitrogen and oxygen atoms in total.